The zero-order chi connectivity index (χ0) is 18.7. The molecule has 7 heteroatoms. The average molecular weight is 389 g/mol. The molecule has 0 radical (unpaired) electrons. The Kier molecular flexibility index (Phi) is 6.62. The summed E-state index contributed by atoms with van der Waals surface area (Å²) in [7, 11) is -1.68. The second-order valence-electron chi connectivity index (χ2n) is 7.68. The fourth-order valence-corrected chi connectivity index (χ4v) is 4.20. The molecule has 0 heterocycles. The minimum Gasteiger partial charge on any atom is -0.495 e. The topological polar surface area (TPSA) is 67.4 Å². The van der Waals surface area contributed by atoms with E-state index < -0.39 is 14.8 Å². The van der Waals surface area contributed by atoms with E-state index in [1.807, 2.05) is 18.2 Å². The summed E-state index contributed by atoms with van der Waals surface area (Å²) in [6.07, 6.45) is 3.78. The van der Waals surface area contributed by atoms with Gasteiger partial charge < -0.3 is 10.1 Å². The molecule has 1 saturated carbocycles. The summed E-state index contributed by atoms with van der Waals surface area (Å²) in [4.78, 5) is 0. The quantitative estimate of drug-likeness (QED) is 0.771. The molecule has 0 amide bonds. The van der Waals surface area contributed by atoms with E-state index in [-0.39, 0.29) is 6.04 Å². The predicted molar refractivity (Wildman–Crippen MR) is 104 cm³/mol. The number of hydrogen-bond acceptors (Lipinski definition) is 4. The van der Waals surface area contributed by atoms with Crippen molar-refractivity contribution in [3.63, 3.8) is 0 Å². The highest BCUT2D eigenvalue weighted by molar-refractivity contribution is 7.90. The van der Waals surface area contributed by atoms with Crippen LogP contribution in [0.2, 0.25) is 5.02 Å². The van der Waals surface area contributed by atoms with Crippen molar-refractivity contribution in [2.45, 2.75) is 57.2 Å². The summed E-state index contributed by atoms with van der Waals surface area (Å²) in [6, 6.07) is 5.72. The number of nitrogens with one attached hydrogen (secondary N) is 2. The molecule has 25 heavy (non-hydrogen) atoms. The second-order valence-corrected chi connectivity index (χ2v) is 10.6. The zero-order valence-corrected chi connectivity index (χ0v) is 17.0. The van der Waals surface area contributed by atoms with Gasteiger partial charge in [-0.1, -0.05) is 11.6 Å². The molecule has 0 aromatic heterocycles. The lowest BCUT2D eigenvalue weighted by Gasteiger charge is -2.31. The molecule has 2 N–H and O–H groups in total. The first-order valence-corrected chi connectivity index (χ1v) is 10.6. The number of halogens is 1. The third-order valence-electron chi connectivity index (χ3n) is 4.72. The Bertz CT molecular complexity index is 678. The molecular formula is C18H29ClN2O3S. The van der Waals surface area contributed by atoms with Gasteiger partial charge in [0.05, 0.1) is 16.9 Å². The van der Waals surface area contributed by atoms with Gasteiger partial charge in [0.15, 0.2) is 0 Å². The number of anilines is 1. The van der Waals surface area contributed by atoms with Gasteiger partial charge in [0.25, 0.3) is 0 Å². The van der Waals surface area contributed by atoms with Gasteiger partial charge in [-0.05, 0) is 70.6 Å². The molecule has 0 saturated heterocycles. The fraction of sp³-hybridized carbons (Fsp3) is 0.667. The van der Waals surface area contributed by atoms with E-state index in [1.165, 1.54) is 0 Å². The number of methoxy groups -OCH3 is 1. The maximum atomic E-state index is 12.3. The predicted octanol–water partition coefficient (Wildman–Crippen LogP) is 4.04. The van der Waals surface area contributed by atoms with E-state index in [9.17, 15) is 8.42 Å². The van der Waals surface area contributed by atoms with Crippen molar-refractivity contribution in [2.75, 3.05) is 19.0 Å². The van der Waals surface area contributed by atoms with Crippen LogP contribution in [0.4, 0.5) is 5.69 Å². The lowest BCUT2D eigenvalue weighted by atomic mass is 9.86. The number of benzene rings is 1. The van der Waals surface area contributed by atoms with Crippen LogP contribution in [0.25, 0.3) is 0 Å². The molecule has 1 aromatic rings. The highest BCUT2D eigenvalue weighted by Crippen LogP contribution is 2.29. The van der Waals surface area contributed by atoms with Crippen LogP contribution in [0.3, 0.4) is 0 Å². The monoisotopic (exact) mass is 388 g/mol. The molecule has 0 aliphatic heterocycles. The minimum atomic E-state index is -3.27. The van der Waals surface area contributed by atoms with Crippen LogP contribution in [0.5, 0.6) is 5.75 Å². The molecule has 1 aliphatic carbocycles. The Morgan fingerprint density at radius 1 is 1.20 bits per heavy atom. The van der Waals surface area contributed by atoms with E-state index >= 15 is 0 Å². The van der Waals surface area contributed by atoms with Crippen LogP contribution >= 0.6 is 11.6 Å². The van der Waals surface area contributed by atoms with E-state index in [1.54, 1.807) is 27.9 Å². The molecular weight excluding hydrogens is 360 g/mol. The smallest absolute Gasteiger partial charge is 0.216 e. The second kappa shape index (κ2) is 8.14. The third-order valence-corrected chi connectivity index (χ3v) is 7.27. The third kappa shape index (κ3) is 5.50. The zero-order valence-electron chi connectivity index (χ0n) is 15.4. The van der Waals surface area contributed by atoms with Gasteiger partial charge in [-0.3, -0.25) is 0 Å². The van der Waals surface area contributed by atoms with Crippen LogP contribution in [0.1, 0.15) is 46.5 Å². The van der Waals surface area contributed by atoms with Crippen molar-refractivity contribution in [1.29, 1.82) is 0 Å². The molecule has 0 unspecified atom stereocenters. The van der Waals surface area contributed by atoms with Crippen molar-refractivity contribution in [2.24, 2.45) is 5.92 Å². The summed E-state index contributed by atoms with van der Waals surface area (Å²) >= 11 is 6.14. The van der Waals surface area contributed by atoms with Crippen LogP contribution < -0.4 is 14.8 Å². The minimum absolute atomic E-state index is 0.0518. The molecule has 142 valence electrons. The lowest BCUT2D eigenvalue weighted by Crippen LogP contribution is -2.46. The Morgan fingerprint density at radius 3 is 2.36 bits per heavy atom. The van der Waals surface area contributed by atoms with E-state index in [0.717, 1.165) is 37.9 Å². The number of ether oxygens (including phenoxy) is 1. The summed E-state index contributed by atoms with van der Waals surface area (Å²) in [5.41, 5.74) is 0.973. The van der Waals surface area contributed by atoms with Gasteiger partial charge in [0.2, 0.25) is 10.0 Å². The first-order valence-electron chi connectivity index (χ1n) is 8.71. The van der Waals surface area contributed by atoms with Crippen molar-refractivity contribution in [1.82, 2.24) is 4.72 Å². The Balaban J connectivity index is 1.80. The van der Waals surface area contributed by atoms with Gasteiger partial charge in [-0.2, -0.15) is 0 Å². The van der Waals surface area contributed by atoms with Gasteiger partial charge >= 0.3 is 0 Å². The maximum Gasteiger partial charge on any atom is 0.216 e. The van der Waals surface area contributed by atoms with E-state index in [2.05, 4.69) is 10.0 Å². The lowest BCUT2D eigenvalue weighted by molar-refractivity contribution is 0.322. The number of hydrogen-bond donors (Lipinski definition) is 2. The molecule has 5 nitrogen and oxygen atoms in total. The summed E-state index contributed by atoms with van der Waals surface area (Å²) in [5, 5.41) is 4.01. The maximum absolute atomic E-state index is 12.3. The SMILES string of the molecule is COc1ccc(NCC2CCC(NS(=O)(=O)C(C)(C)C)CC2)cc1Cl. The van der Waals surface area contributed by atoms with Gasteiger partial charge in [-0.25, -0.2) is 13.1 Å². The van der Waals surface area contributed by atoms with Gasteiger partial charge in [0.1, 0.15) is 5.75 Å². The molecule has 1 aliphatic rings. The van der Waals surface area contributed by atoms with Gasteiger partial charge in [0, 0.05) is 18.3 Å². The average Bonchev–Trinajstić information content (AvgIpc) is 2.53. The molecule has 2 rings (SSSR count). The van der Waals surface area contributed by atoms with Crippen LogP contribution in [0.15, 0.2) is 18.2 Å². The Labute approximate surface area is 156 Å². The van der Waals surface area contributed by atoms with Crippen molar-refractivity contribution >= 4 is 27.3 Å². The molecule has 0 atom stereocenters. The van der Waals surface area contributed by atoms with E-state index in [4.69, 9.17) is 16.3 Å². The normalized spacial score (nSPS) is 21.8. The summed E-state index contributed by atoms with van der Waals surface area (Å²) in [6.45, 7) is 6.04. The Hall–Kier alpha value is -0.980. The van der Waals surface area contributed by atoms with Crippen LogP contribution in [-0.2, 0) is 10.0 Å². The fourth-order valence-electron chi connectivity index (χ4n) is 2.92. The summed E-state index contributed by atoms with van der Waals surface area (Å²) < 4.78 is 31.8. The van der Waals surface area contributed by atoms with Gasteiger partial charge in [-0.15, -0.1) is 0 Å². The molecule has 0 spiro atoms. The van der Waals surface area contributed by atoms with Crippen molar-refractivity contribution in [3.05, 3.63) is 23.2 Å². The first-order chi connectivity index (χ1) is 11.6. The van der Waals surface area contributed by atoms with E-state index in [0.29, 0.717) is 16.7 Å². The Morgan fingerprint density at radius 2 is 1.84 bits per heavy atom. The van der Waals surface area contributed by atoms with Crippen molar-refractivity contribution < 1.29 is 13.2 Å². The number of rotatable bonds is 6. The molecule has 0 bridgehead atoms. The highest BCUT2D eigenvalue weighted by atomic mass is 35.5. The highest BCUT2D eigenvalue weighted by Gasteiger charge is 2.32. The number of sulfonamides is 1. The first kappa shape index (κ1) is 20.3. The molecule has 1 aromatic carbocycles. The standard InChI is InChI=1S/C18H29ClN2O3S/c1-18(2,3)25(22,23)21-14-7-5-13(6-8-14)12-20-15-9-10-17(24-4)16(19)11-15/h9-11,13-14,20-21H,5-8,12H2,1-4H3. The van der Waals surface area contributed by atoms with Crippen molar-refractivity contribution in [3.8, 4) is 5.75 Å². The van der Waals surface area contributed by atoms with Crippen LogP contribution in [0, 0.1) is 5.92 Å². The molecule has 1 fully saturated rings. The van der Waals surface area contributed by atoms with Crippen LogP contribution in [-0.4, -0.2) is 32.9 Å². The largest absolute Gasteiger partial charge is 0.495 e. The summed E-state index contributed by atoms with van der Waals surface area (Å²) in [5.74, 6) is 1.20.